The maximum Gasteiger partial charge on any atom is 0.407 e. The molecule has 0 fully saturated rings. The predicted octanol–water partition coefficient (Wildman–Crippen LogP) is 2.04. The Kier molecular flexibility index (Phi) is 15.3. The summed E-state index contributed by atoms with van der Waals surface area (Å²) in [5.74, 6) is -5.89. The smallest absolute Gasteiger partial charge is 0.407 e. The second kappa shape index (κ2) is 19.4. The van der Waals surface area contributed by atoms with Gasteiger partial charge in [-0.05, 0) is 46.9 Å². The van der Waals surface area contributed by atoms with Gasteiger partial charge in [0.25, 0.3) is 0 Å². The van der Waals surface area contributed by atoms with Crippen LogP contribution < -0.4 is 31.9 Å². The maximum atomic E-state index is 13.4. The molecule has 15 heteroatoms. The highest BCUT2D eigenvalue weighted by atomic mass is 16.5. The average molecular weight is 737 g/mol. The number of carbonyl (C=O) groups excluding carboxylic acids is 6. The van der Waals surface area contributed by atoms with Gasteiger partial charge < -0.3 is 41.7 Å². The lowest BCUT2D eigenvalue weighted by Gasteiger charge is -2.30. The van der Waals surface area contributed by atoms with Gasteiger partial charge in [-0.15, -0.1) is 0 Å². The number of hydrogen-bond donors (Lipinski definition) is 7. The average Bonchev–Trinajstić information content (AvgIpc) is 3.44. The lowest BCUT2D eigenvalue weighted by atomic mass is 9.95. The fourth-order valence-electron chi connectivity index (χ4n) is 5.89. The van der Waals surface area contributed by atoms with Crippen molar-refractivity contribution >= 4 is 41.6 Å². The van der Waals surface area contributed by atoms with Gasteiger partial charge in [0.1, 0.15) is 37.3 Å². The fourth-order valence-corrected chi connectivity index (χ4v) is 5.89. The summed E-state index contributed by atoms with van der Waals surface area (Å²) in [7, 11) is 0. The number of hydrogen-bond acceptors (Lipinski definition) is 8. The topological polar surface area (TPSA) is 221 Å². The van der Waals surface area contributed by atoms with Crippen LogP contribution in [0.5, 0.6) is 0 Å². The van der Waals surface area contributed by atoms with E-state index in [2.05, 4.69) is 31.9 Å². The molecule has 1 aliphatic rings. The van der Waals surface area contributed by atoms with E-state index in [1.54, 1.807) is 34.6 Å². The molecule has 5 atom stereocenters. The van der Waals surface area contributed by atoms with Gasteiger partial charge in [0, 0.05) is 5.92 Å². The number of nitrogens with one attached hydrogen (secondary N) is 6. The Labute approximate surface area is 309 Å². The molecule has 0 saturated carbocycles. The molecule has 0 spiro atoms. The third kappa shape index (κ3) is 11.5. The highest BCUT2D eigenvalue weighted by Crippen LogP contribution is 2.44. The van der Waals surface area contributed by atoms with Crippen molar-refractivity contribution in [3.63, 3.8) is 0 Å². The standard InChI is InChI=1S/C38H52N6O9/c1-8-22(6)33(36(49)41-23(7)37(50)51)44-35(48)32(21(4)5)43-34(47)31(20(2)3)42-30(46)18-39-29(45)17-40-38(52)53-19-28-26-15-11-9-13-24(26)25-14-10-12-16-27(25)28/h9-16,20-23,28,31-33H,8,17-19H2,1-7H3,(H,39,45)(H,40,52)(H,41,49)(H,42,46)(H,43,47)(H,44,48)(H,50,51)/t22-,23-,31-,32-,33-/m0/s1. The van der Waals surface area contributed by atoms with Crippen LogP contribution in [0.4, 0.5) is 4.79 Å². The first-order valence-corrected chi connectivity index (χ1v) is 17.8. The van der Waals surface area contributed by atoms with E-state index in [1.807, 2.05) is 55.5 Å². The van der Waals surface area contributed by atoms with Crippen molar-refractivity contribution in [3.8, 4) is 11.1 Å². The molecule has 7 N–H and O–H groups in total. The summed E-state index contributed by atoms with van der Waals surface area (Å²) >= 11 is 0. The predicted molar refractivity (Wildman–Crippen MR) is 196 cm³/mol. The summed E-state index contributed by atoms with van der Waals surface area (Å²) in [5.41, 5.74) is 4.26. The molecule has 288 valence electrons. The molecule has 2 aromatic carbocycles. The molecule has 0 unspecified atom stereocenters. The largest absolute Gasteiger partial charge is 0.480 e. The Balaban J connectivity index is 1.49. The van der Waals surface area contributed by atoms with Gasteiger partial charge in [-0.3, -0.25) is 28.8 Å². The van der Waals surface area contributed by atoms with Crippen molar-refractivity contribution in [2.24, 2.45) is 17.8 Å². The van der Waals surface area contributed by atoms with Crippen LogP contribution in [0.2, 0.25) is 0 Å². The number of amides is 6. The minimum Gasteiger partial charge on any atom is -0.480 e. The van der Waals surface area contributed by atoms with E-state index in [9.17, 15) is 38.7 Å². The lowest BCUT2D eigenvalue weighted by molar-refractivity contribution is -0.142. The molecular formula is C38H52N6O9. The van der Waals surface area contributed by atoms with Gasteiger partial charge >= 0.3 is 12.1 Å². The number of carboxylic acid groups (broad SMARTS) is 1. The Hall–Kier alpha value is -5.47. The highest BCUT2D eigenvalue weighted by molar-refractivity contribution is 5.96. The maximum absolute atomic E-state index is 13.4. The third-order valence-corrected chi connectivity index (χ3v) is 9.22. The van der Waals surface area contributed by atoms with E-state index in [0.717, 1.165) is 22.3 Å². The van der Waals surface area contributed by atoms with Gasteiger partial charge in [0.15, 0.2) is 0 Å². The lowest BCUT2D eigenvalue weighted by Crippen LogP contribution is -2.60. The quantitative estimate of drug-likeness (QED) is 0.119. The zero-order valence-corrected chi connectivity index (χ0v) is 31.3. The van der Waals surface area contributed by atoms with Crippen LogP contribution in [-0.4, -0.2) is 90.6 Å². The molecular weight excluding hydrogens is 684 g/mol. The molecule has 0 radical (unpaired) electrons. The van der Waals surface area contributed by atoms with Crippen molar-refractivity contribution in [1.82, 2.24) is 31.9 Å². The van der Waals surface area contributed by atoms with Crippen molar-refractivity contribution in [3.05, 3.63) is 59.7 Å². The monoisotopic (exact) mass is 736 g/mol. The molecule has 6 amide bonds. The second-order valence-corrected chi connectivity index (χ2v) is 13.9. The van der Waals surface area contributed by atoms with Crippen LogP contribution in [-0.2, 0) is 33.5 Å². The number of rotatable bonds is 18. The van der Waals surface area contributed by atoms with Crippen LogP contribution >= 0.6 is 0 Å². The van der Waals surface area contributed by atoms with E-state index in [1.165, 1.54) is 6.92 Å². The minimum absolute atomic E-state index is 0.0711. The number of benzene rings is 2. The van der Waals surface area contributed by atoms with Crippen LogP contribution in [0.3, 0.4) is 0 Å². The normalized spacial score (nSPS) is 14.7. The van der Waals surface area contributed by atoms with E-state index in [4.69, 9.17) is 4.74 Å². The third-order valence-electron chi connectivity index (χ3n) is 9.22. The SMILES string of the molecule is CC[C@H](C)[C@H](NC(=O)[C@@H](NC(=O)[C@@H](NC(=O)CNC(=O)CNC(=O)OCC1c2ccccc2-c2ccccc21)C(C)C)C(C)C)C(=O)N[C@@H](C)C(=O)O. The van der Waals surface area contributed by atoms with Crippen molar-refractivity contribution in [2.75, 3.05) is 19.7 Å². The number of alkyl carbamates (subject to hydrolysis) is 1. The number of carbonyl (C=O) groups is 7. The first-order chi connectivity index (χ1) is 25.0. The number of fused-ring (bicyclic) bond motifs is 3. The summed E-state index contributed by atoms with van der Waals surface area (Å²) in [5, 5.41) is 24.2. The van der Waals surface area contributed by atoms with Gasteiger partial charge in [-0.1, -0.05) is 96.5 Å². The molecule has 0 aliphatic heterocycles. The molecule has 0 bridgehead atoms. The number of ether oxygens (including phenoxy) is 1. The number of carboxylic acids is 1. The molecule has 0 saturated heterocycles. The van der Waals surface area contributed by atoms with Crippen molar-refractivity contribution in [2.45, 2.75) is 85.0 Å². The summed E-state index contributed by atoms with van der Waals surface area (Å²) in [6.45, 7) is 10.8. The van der Waals surface area contributed by atoms with Crippen LogP contribution in [0, 0.1) is 17.8 Å². The Morgan fingerprint density at radius 3 is 1.62 bits per heavy atom. The van der Waals surface area contributed by atoms with E-state index in [0.29, 0.717) is 6.42 Å². The summed E-state index contributed by atoms with van der Waals surface area (Å²) < 4.78 is 5.44. The van der Waals surface area contributed by atoms with Crippen LogP contribution in [0.15, 0.2) is 48.5 Å². The van der Waals surface area contributed by atoms with E-state index in [-0.39, 0.29) is 18.4 Å². The Morgan fingerprint density at radius 1 is 0.642 bits per heavy atom. The second-order valence-electron chi connectivity index (χ2n) is 13.9. The molecule has 0 heterocycles. The van der Waals surface area contributed by atoms with Crippen LogP contribution in [0.1, 0.15) is 71.9 Å². The van der Waals surface area contributed by atoms with E-state index >= 15 is 0 Å². The van der Waals surface area contributed by atoms with E-state index < -0.39 is 90.7 Å². The summed E-state index contributed by atoms with van der Waals surface area (Å²) in [4.78, 5) is 88.6. The highest BCUT2D eigenvalue weighted by Gasteiger charge is 2.35. The fraction of sp³-hybridized carbons (Fsp3) is 0.500. The zero-order chi connectivity index (χ0) is 39.4. The van der Waals surface area contributed by atoms with Crippen molar-refractivity contribution < 1.29 is 43.4 Å². The van der Waals surface area contributed by atoms with Gasteiger partial charge in [0.05, 0.1) is 6.54 Å². The van der Waals surface area contributed by atoms with Gasteiger partial charge in [-0.25, -0.2) is 4.79 Å². The minimum atomic E-state index is -1.23. The molecule has 1 aliphatic carbocycles. The van der Waals surface area contributed by atoms with Gasteiger partial charge in [-0.2, -0.15) is 0 Å². The number of aliphatic carboxylic acids is 1. The molecule has 15 nitrogen and oxygen atoms in total. The summed E-state index contributed by atoms with van der Waals surface area (Å²) in [6, 6.07) is 11.4. The summed E-state index contributed by atoms with van der Waals surface area (Å²) in [6.07, 6.45) is -0.292. The Bertz CT molecular complexity index is 1620. The van der Waals surface area contributed by atoms with Gasteiger partial charge in [0.2, 0.25) is 29.5 Å². The Morgan fingerprint density at radius 2 is 1.11 bits per heavy atom. The molecule has 2 aromatic rings. The first kappa shape index (κ1) is 41.9. The zero-order valence-electron chi connectivity index (χ0n) is 31.3. The molecule has 3 rings (SSSR count). The molecule has 0 aromatic heterocycles. The van der Waals surface area contributed by atoms with Crippen LogP contribution in [0.25, 0.3) is 11.1 Å². The van der Waals surface area contributed by atoms with Crippen molar-refractivity contribution in [1.29, 1.82) is 0 Å². The first-order valence-electron chi connectivity index (χ1n) is 17.8. The molecule has 53 heavy (non-hydrogen) atoms.